The van der Waals surface area contributed by atoms with Gasteiger partial charge in [-0.3, -0.25) is 4.79 Å². The smallest absolute Gasteiger partial charge is 0.253 e. The zero-order valence-corrected chi connectivity index (χ0v) is 9.68. The van der Waals surface area contributed by atoms with Gasteiger partial charge in [-0.05, 0) is 24.6 Å². The molecule has 3 N–H and O–H groups in total. The summed E-state index contributed by atoms with van der Waals surface area (Å²) in [6.45, 7) is 2.46. The van der Waals surface area contributed by atoms with Gasteiger partial charge in [0.25, 0.3) is 5.91 Å². The van der Waals surface area contributed by atoms with E-state index in [0.717, 1.165) is 5.56 Å². The lowest BCUT2D eigenvalue weighted by molar-refractivity contribution is 0.0703. The molecule has 16 heavy (non-hydrogen) atoms. The molecule has 0 fully saturated rings. The van der Waals surface area contributed by atoms with E-state index in [1.165, 1.54) is 4.90 Å². The molecule has 0 aliphatic heterocycles. The summed E-state index contributed by atoms with van der Waals surface area (Å²) in [4.78, 5) is 13.4. The first-order valence-electron chi connectivity index (χ1n) is 5.27. The predicted octanol–water partition coefficient (Wildman–Crippen LogP) is 0.598. The molecule has 1 aromatic rings. The lowest BCUT2D eigenvalue weighted by Crippen LogP contribution is -2.33. The first kappa shape index (κ1) is 12.7. The predicted molar refractivity (Wildman–Crippen MR) is 63.0 cm³/mol. The molecule has 0 saturated carbocycles. The van der Waals surface area contributed by atoms with Crippen LogP contribution in [0, 0.1) is 0 Å². The number of aliphatic hydroxyl groups excluding tert-OH is 1. The summed E-state index contributed by atoms with van der Waals surface area (Å²) in [7, 11) is 1.67. The molecular formula is C12H18N2O2. The Balaban J connectivity index is 2.72. The average molecular weight is 222 g/mol. The van der Waals surface area contributed by atoms with E-state index >= 15 is 0 Å². The van der Waals surface area contributed by atoms with Crippen LogP contribution >= 0.6 is 0 Å². The normalized spacial score (nSPS) is 12.2. The molecule has 1 rings (SSSR count). The number of nitrogens with two attached hydrogens (primary N) is 1. The maximum Gasteiger partial charge on any atom is 0.253 e. The van der Waals surface area contributed by atoms with Crippen LogP contribution in [0.25, 0.3) is 0 Å². The highest BCUT2D eigenvalue weighted by Crippen LogP contribution is 2.06. The molecule has 0 aliphatic carbocycles. The van der Waals surface area contributed by atoms with Gasteiger partial charge in [-0.25, -0.2) is 0 Å². The fraction of sp³-hybridized carbons (Fsp3) is 0.417. The Labute approximate surface area is 95.7 Å². The number of nitrogens with zero attached hydrogens (tertiary/aromatic N) is 1. The summed E-state index contributed by atoms with van der Waals surface area (Å²) in [6.07, 6.45) is -0.516. The SMILES string of the molecule is CC(O)CN(C)C(=O)c1ccc(CN)cc1. The summed E-state index contributed by atoms with van der Waals surface area (Å²) >= 11 is 0. The van der Waals surface area contributed by atoms with Gasteiger partial charge >= 0.3 is 0 Å². The van der Waals surface area contributed by atoms with Gasteiger partial charge in [0.1, 0.15) is 0 Å². The van der Waals surface area contributed by atoms with E-state index in [9.17, 15) is 9.90 Å². The van der Waals surface area contributed by atoms with Crippen molar-refractivity contribution in [3.63, 3.8) is 0 Å². The molecule has 1 atom stereocenters. The third-order valence-electron chi connectivity index (χ3n) is 2.32. The molecule has 0 saturated heterocycles. The van der Waals surface area contributed by atoms with Gasteiger partial charge in [-0.2, -0.15) is 0 Å². The van der Waals surface area contributed by atoms with Crippen molar-refractivity contribution < 1.29 is 9.90 Å². The highest BCUT2D eigenvalue weighted by atomic mass is 16.3. The van der Waals surface area contributed by atoms with E-state index in [1.807, 2.05) is 12.1 Å². The van der Waals surface area contributed by atoms with Crippen LogP contribution in [0.3, 0.4) is 0 Å². The largest absolute Gasteiger partial charge is 0.392 e. The Kier molecular flexibility index (Phi) is 4.46. The lowest BCUT2D eigenvalue weighted by Gasteiger charge is -2.18. The van der Waals surface area contributed by atoms with Crippen molar-refractivity contribution >= 4 is 5.91 Å². The van der Waals surface area contributed by atoms with Gasteiger partial charge in [0, 0.05) is 25.7 Å². The number of aliphatic hydroxyl groups is 1. The number of carbonyl (C=O) groups is 1. The Bertz CT molecular complexity index is 347. The van der Waals surface area contributed by atoms with Crippen molar-refractivity contribution in [3.05, 3.63) is 35.4 Å². The van der Waals surface area contributed by atoms with Crippen molar-refractivity contribution in [2.24, 2.45) is 5.73 Å². The van der Waals surface area contributed by atoms with Crippen molar-refractivity contribution in [1.82, 2.24) is 4.90 Å². The average Bonchev–Trinajstić information content (AvgIpc) is 2.27. The zero-order valence-electron chi connectivity index (χ0n) is 9.68. The Hall–Kier alpha value is -1.39. The van der Waals surface area contributed by atoms with Crippen LogP contribution in [0.15, 0.2) is 24.3 Å². The van der Waals surface area contributed by atoms with Crippen LogP contribution in [-0.2, 0) is 6.54 Å². The fourth-order valence-corrected chi connectivity index (χ4v) is 1.48. The Morgan fingerprint density at radius 3 is 2.44 bits per heavy atom. The Morgan fingerprint density at radius 2 is 2.00 bits per heavy atom. The van der Waals surface area contributed by atoms with Crippen LogP contribution in [0.2, 0.25) is 0 Å². The number of hydrogen-bond acceptors (Lipinski definition) is 3. The second-order valence-electron chi connectivity index (χ2n) is 3.94. The van der Waals surface area contributed by atoms with E-state index in [1.54, 1.807) is 26.1 Å². The van der Waals surface area contributed by atoms with E-state index < -0.39 is 6.10 Å². The minimum absolute atomic E-state index is 0.0931. The molecule has 4 heteroatoms. The van der Waals surface area contributed by atoms with Crippen molar-refractivity contribution in [2.75, 3.05) is 13.6 Å². The van der Waals surface area contributed by atoms with Gasteiger partial charge in [0.2, 0.25) is 0 Å². The van der Waals surface area contributed by atoms with Gasteiger partial charge < -0.3 is 15.7 Å². The summed E-state index contributed by atoms with van der Waals surface area (Å²) in [5, 5.41) is 9.19. The quantitative estimate of drug-likeness (QED) is 0.784. The first-order valence-corrected chi connectivity index (χ1v) is 5.27. The number of carbonyl (C=O) groups excluding carboxylic acids is 1. The molecule has 4 nitrogen and oxygen atoms in total. The number of hydrogen-bond donors (Lipinski definition) is 2. The van der Waals surface area contributed by atoms with Gasteiger partial charge in [0.05, 0.1) is 6.10 Å². The molecule has 88 valence electrons. The third kappa shape index (κ3) is 3.32. The lowest BCUT2D eigenvalue weighted by atomic mass is 10.1. The summed E-state index contributed by atoms with van der Waals surface area (Å²) in [6, 6.07) is 7.18. The molecule has 0 radical (unpaired) electrons. The van der Waals surface area contributed by atoms with Crippen LogP contribution in [0.1, 0.15) is 22.8 Å². The number of likely N-dealkylation sites (N-methyl/N-ethyl adjacent to an activating group) is 1. The van der Waals surface area contributed by atoms with Gasteiger partial charge in [0.15, 0.2) is 0 Å². The van der Waals surface area contributed by atoms with Crippen LogP contribution in [0.5, 0.6) is 0 Å². The van der Waals surface area contributed by atoms with E-state index in [0.29, 0.717) is 18.7 Å². The molecular weight excluding hydrogens is 204 g/mol. The Morgan fingerprint density at radius 1 is 1.44 bits per heavy atom. The minimum atomic E-state index is -0.516. The van der Waals surface area contributed by atoms with Crippen molar-refractivity contribution in [3.8, 4) is 0 Å². The fourth-order valence-electron chi connectivity index (χ4n) is 1.48. The molecule has 0 aliphatic rings. The molecule has 0 bridgehead atoms. The maximum atomic E-state index is 11.9. The second kappa shape index (κ2) is 5.63. The zero-order chi connectivity index (χ0) is 12.1. The molecule has 1 aromatic carbocycles. The summed E-state index contributed by atoms with van der Waals surface area (Å²) in [5.41, 5.74) is 7.08. The van der Waals surface area contributed by atoms with Crippen LogP contribution in [0.4, 0.5) is 0 Å². The summed E-state index contributed by atoms with van der Waals surface area (Å²) < 4.78 is 0. The highest BCUT2D eigenvalue weighted by molar-refractivity contribution is 5.94. The van der Waals surface area contributed by atoms with Crippen LogP contribution < -0.4 is 5.73 Å². The first-order chi connectivity index (χ1) is 7.54. The van der Waals surface area contributed by atoms with Crippen molar-refractivity contribution in [1.29, 1.82) is 0 Å². The minimum Gasteiger partial charge on any atom is -0.392 e. The van der Waals surface area contributed by atoms with E-state index in [2.05, 4.69) is 0 Å². The maximum absolute atomic E-state index is 11.9. The number of rotatable bonds is 4. The monoisotopic (exact) mass is 222 g/mol. The number of amides is 1. The molecule has 0 heterocycles. The number of benzene rings is 1. The van der Waals surface area contributed by atoms with E-state index in [4.69, 9.17) is 5.73 Å². The van der Waals surface area contributed by atoms with E-state index in [-0.39, 0.29) is 5.91 Å². The standard InChI is InChI=1S/C12H18N2O2/c1-9(15)8-14(2)12(16)11-5-3-10(7-13)4-6-11/h3-6,9,15H,7-8,13H2,1-2H3. The van der Waals surface area contributed by atoms with Crippen molar-refractivity contribution in [2.45, 2.75) is 19.6 Å². The highest BCUT2D eigenvalue weighted by Gasteiger charge is 2.12. The van der Waals surface area contributed by atoms with Gasteiger partial charge in [-0.1, -0.05) is 12.1 Å². The topological polar surface area (TPSA) is 66.6 Å². The third-order valence-corrected chi connectivity index (χ3v) is 2.32. The summed E-state index contributed by atoms with van der Waals surface area (Å²) in [5.74, 6) is -0.0931. The molecule has 0 aromatic heterocycles. The molecule has 0 spiro atoms. The van der Waals surface area contributed by atoms with Crippen LogP contribution in [-0.4, -0.2) is 35.6 Å². The molecule has 1 unspecified atom stereocenters. The second-order valence-corrected chi connectivity index (χ2v) is 3.94. The molecule has 1 amide bonds. The van der Waals surface area contributed by atoms with Gasteiger partial charge in [-0.15, -0.1) is 0 Å².